The highest BCUT2D eigenvalue weighted by molar-refractivity contribution is 14.1. The molecule has 0 aliphatic rings. The Morgan fingerprint density at radius 3 is 2.82 bits per heavy atom. The number of thiazole rings is 1. The minimum absolute atomic E-state index is 0.586. The highest BCUT2D eigenvalue weighted by Gasteiger charge is 2.04. The zero-order chi connectivity index (χ0) is 8.27. The van der Waals surface area contributed by atoms with Crippen molar-refractivity contribution in [2.45, 2.75) is 26.2 Å². The second-order valence-corrected chi connectivity index (χ2v) is 4.74. The Hall–Kier alpha value is 0.360. The third-order valence-electron chi connectivity index (χ3n) is 1.41. The molecule has 0 atom stereocenters. The maximum atomic E-state index is 4.51. The Bertz CT molecular complexity index is 220. The maximum Gasteiger partial charge on any atom is 0.0953 e. The average molecular weight is 281 g/mol. The van der Waals surface area contributed by atoms with Gasteiger partial charge in [0.2, 0.25) is 0 Å². The Kier molecular flexibility index (Phi) is 3.78. The standard InChI is InChI=1S/C8H12INS/c1-6(2)8-10-7(3-4-9)5-11-8/h5-6H,3-4H2,1-2H3. The zero-order valence-electron chi connectivity index (χ0n) is 6.80. The van der Waals surface area contributed by atoms with E-state index in [0.29, 0.717) is 5.92 Å². The summed E-state index contributed by atoms with van der Waals surface area (Å²) in [6.45, 7) is 4.37. The number of aryl methyl sites for hydroxylation is 1. The molecule has 0 aromatic carbocycles. The van der Waals surface area contributed by atoms with Crippen LogP contribution in [-0.2, 0) is 6.42 Å². The molecule has 0 N–H and O–H groups in total. The van der Waals surface area contributed by atoms with E-state index in [1.807, 2.05) is 0 Å². The lowest BCUT2D eigenvalue weighted by Crippen LogP contribution is -1.89. The molecule has 0 saturated heterocycles. The fourth-order valence-electron chi connectivity index (χ4n) is 0.799. The van der Waals surface area contributed by atoms with Crippen molar-refractivity contribution in [3.63, 3.8) is 0 Å². The van der Waals surface area contributed by atoms with Gasteiger partial charge in [0.15, 0.2) is 0 Å². The molecule has 1 nitrogen and oxygen atoms in total. The van der Waals surface area contributed by atoms with Gasteiger partial charge in [-0.1, -0.05) is 36.4 Å². The number of nitrogens with zero attached hydrogens (tertiary/aromatic N) is 1. The third kappa shape index (κ3) is 2.71. The van der Waals surface area contributed by atoms with Crippen LogP contribution in [0.1, 0.15) is 30.5 Å². The molecule has 1 rings (SSSR count). The van der Waals surface area contributed by atoms with Crippen LogP contribution in [0, 0.1) is 0 Å². The summed E-state index contributed by atoms with van der Waals surface area (Å²) in [4.78, 5) is 4.51. The second-order valence-electron chi connectivity index (χ2n) is 2.77. The van der Waals surface area contributed by atoms with E-state index >= 15 is 0 Å². The maximum absolute atomic E-state index is 4.51. The number of hydrogen-bond acceptors (Lipinski definition) is 2. The number of hydrogen-bond donors (Lipinski definition) is 0. The Balaban J connectivity index is 2.66. The molecule has 0 radical (unpaired) electrons. The van der Waals surface area contributed by atoms with Gasteiger partial charge in [0.05, 0.1) is 10.7 Å². The van der Waals surface area contributed by atoms with E-state index in [1.165, 1.54) is 15.1 Å². The molecule has 1 heterocycles. The lowest BCUT2D eigenvalue weighted by molar-refractivity contribution is 0.841. The molecule has 1 aromatic heterocycles. The molecule has 11 heavy (non-hydrogen) atoms. The SMILES string of the molecule is CC(C)c1nc(CCI)cs1. The van der Waals surface area contributed by atoms with E-state index in [0.717, 1.165) is 6.42 Å². The second kappa shape index (κ2) is 4.40. The van der Waals surface area contributed by atoms with Gasteiger partial charge in [-0.05, 0) is 6.42 Å². The molecule has 0 spiro atoms. The number of alkyl halides is 1. The molecule has 62 valence electrons. The lowest BCUT2D eigenvalue weighted by Gasteiger charge is -1.95. The third-order valence-corrected chi connectivity index (χ3v) is 3.15. The molecular weight excluding hydrogens is 269 g/mol. The summed E-state index contributed by atoms with van der Waals surface area (Å²) in [6, 6.07) is 0. The largest absolute Gasteiger partial charge is 0.246 e. The molecule has 3 heteroatoms. The van der Waals surface area contributed by atoms with Crippen LogP contribution in [0.3, 0.4) is 0 Å². The van der Waals surface area contributed by atoms with E-state index in [1.54, 1.807) is 11.3 Å². The summed E-state index contributed by atoms with van der Waals surface area (Å²) < 4.78 is 1.17. The fourth-order valence-corrected chi connectivity index (χ4v) is 2.22. The average Bonchev–Trinajstić information content (AvgIpc) is 2.37. The minimum atomic E-state index is 0.586. The van der Waals surface area contributed by atoms with Crippen molar-refractivity contribution >= 4 is 33.9 Å². The Morgan fingerprint density at radius 2 is 2.36 bits per heavy atom. The summed E-state index contributed by atoms with van der Waals surface area (Å²) in [7, 11) is 0. The van der Waals surface area contributed by atoms with E-state index < -0.39 is 0 Å². The zero-order valence-corrected chi connectivity index (χ0v) is 9.78. The predicted molar refractivity (Wildman–Crippen MR) is 58.8 cm³/mol. The van der Waals surface area contributed by atoms with Crippen molar-refractivity contribution in [3.8, 4) is 0 Å². The van der Waals surface area contributed by atoms with Crippen molar-refractivity contribution in [2.75, 3.05) is 4.43 Å². The van der Waals surface area contributed by atoms with Crippen LogP contribution in [0.2, 0.25) is 0 Å². The molecule has 0 fully saturated rings. The van der Waals surface area contributed by atoms with E-state index in [2.05, 4.69) is 46.8 Å². The van der Waals surface area contributed by atoms with Gasteiger partial charge in [0.25, 0.3) is 0 Å². The normalized spacial score (nSPS) is 10.9. The van der Waals surface area contributed by atoms with E-state index in [-0.39, 0.29) is 0 Å². The van der Waals surface area contributed by atoms with Crippen LogP contribution in [0.15, 0.2) is 5.38 Å². The van der Waals surface area contributed by atoms with Crippen LogP contribution in [0.4, 0.5) is 0 Å². The summed E-state index contributed by atoms with van der Waals surface area (Å²) in [5.41, 5.74) is 1.26. The van der Waals surface area contributed by atoms with Crippen LogP contribution < -0.4 is 0 Å². The minimum Gasteiger partial charge on any atom is -0.246 e. The van der Waals surface area contributed by atoms with Gasteiger partial charge < -0.3 is 0 Å². The first-order chi connectivity index (χ1) is 5.24. The molecule has 1 aromatic rings. The van der Waals surface area contributed by atoms with Gasteiger partial charge in [0, 0.05) is 15.7 Å². The summed E-state index contributed by atoms with van der Waals surface area (Å²) in [5, 5.41) is 3.44. The van der Waals surface area contributed by atoms with Gasteiger partial charge in [-0.3, -0.25) is 0 Å². The fraction of sp³-hybridized carbons (Fsp3) is 0.625. The molecular formula is C8H12INS. The predicted octanol–water partition coefficient (Wildman–Crippen LogP) is 3.24. The highest BCUT2D eigenvalue weighted by Crippen LogP contribution is 2.19. The highest BCUT2D eigenvalue weighted by atomic mass is 127. The van der Waals surface area contributed by atoms with Crippen molar-refractivity contribution in [1.82, 2.24) is 4.98 Å². The van der Waals surface area contributed by atoms with Crippen molar-refractivity contribution < 1.29 is 0 Å². The Morgan fingerprint density at radius 1 is 1.64 bits per heavy atom. The van der Waals surface area contributed by atoms with Gasteiger partial charge in [-0.2, -0.15) is 0 Å². The van der Waals surface area contributed by atoms with Crippen LogP contribution in [0.5, 0.6) is 0 Å². The van der Waals surface area contributed by atoms with Gasteiger partial charge in [-0.25, -0.2) is 4.98 Å². The van der Waals surface area contributed by atoms with Crippen molar-refractivity contribution in [1.29, 1.82) is 0 Å². The quantitative estimate of drug-likeness (QED) is 0.612. The van der Waals surface area contributed by atoms with Crippen molar-refractivity contribution in [2.24, 2.45) is 0 Å². The Labute approximate surface area is 85.4 Å². The van der Waals surface area contributed by atoms with Gasteiger partial charge >= 0.3 is 0 Å². The molecule has 0 unspecified atom stereocenters. The molecule has 0 saturated carbocycles. The smallest absolute Gasteiger partial charge is 0.0953 e. The van der Waals surface area contributed by atoms with Crippen LogP contribution >= 0.6 is 33.9 Å². The molecule has 0 aliphatic carbocycles. The van der Waals surface area contributed by atoms with E-state index in [4.69, 9.17) is 0 Å². The topological polar surface area (TPSA) is 12.9 Å². The number of rotatable bonds is 3. The number of halogens is 1. The first kappa shape index (κ1) is 9.45. The lowest BCUT2D eigenvalue weighted by atomic mass is 10.2. The molecule has 0 amide bonds. The first-order valence-corrected chi connectivity index (χ1v) is 6.15. The van der Waals surface area contributed by atoms with Crippen LogP contribution in [-0.4, -0.2) is 9.41 Å². The van der Waals surface area contributed by atoms with Crippen molar-refractivity contribution in [3.05, 3.63) is 16.1 Å². The summed E-state index contributed by atoms with van der Waals surface area (Å²) in [6.07, 6.45) is 1.11. The molecule has 0 aliphatic heterocycles. The van der Waals surface area contributed by atoms with Crippen LogP contribution in [0.25, 0.3) is 0 Å². The number of aromatic nitrogens is 1. The van der Waals surface area contributed by atoms with E-state index in [9.17, 15) is 0 Å². The summed E-state index contributed by atoms with van der Waals surface area (Å²) >= 11 is 4.17. The van der Waals surface area contributed by atoms with Gasteiger partial charge in [-0.15, -0.1) is 11.3 Å². The summed E-state index contributed by atoms with van der Waals surface area (Å²) in [5.74, 6) is 0.586. The first-order valence-electron chi connectivity index (χ1n) is 3.74. The monoisotopic (exact) mass is 281 g/mol. The van der Waals surface area contributed by atoms with Gasteiger partial charge in [0.1, 0.15) is 0 Å². The molecule has 0 bridgehead atoms.